The van der Waals surface area contributed by atoms with Gasteiger partial charge in [0.1, 0.15) is 34.8 Å². The highest BCUT2D eigenvalue weighted by Gasteiger charge is 2.52. The van der Waals surface area contributed by atoms with Crippen LogP contribution < -0.4 is 0 Å². The lowest BCUT2D eigenvalue weighted by molar-refractivity contribution is -0.142. The van der Waals surface area contributed by atoms with Gasteiger partial charge >= 0.3 is 0 Å². The molecule has 2 aromatic carbocycles. The Morgan fingerprint density at radius 3 is 1.31 bits per heavy atom. The summed E-state index contributed by atoms with van der Waals surface area (Å²) in [6.07, 6.45) is 0.965. The monoisotopic (exact) mass is 356 g/mol. The van der Waals surface area contributed by atoms with Gasteiger partial charge in [-0.15, -0.1) is 0 Å². The van der Waals surface area contributed by atoms with E-state index in [2.05, 4.69) is 0 Å². The van der Waals surface area contributed by atoms with Crippen molar-refractivity contribution >= 4 is 11.6 Å². The lowest BCUT2D eigenvalue weighted by Gasteiger charge is -2.33. The van der Waals surface area contributed by atoms with Crippen LogP contribution in [0.2, 0.25) is 0 Å². The second-order valence-electron chi connectivity index (χ2n) is 6.46. The number of carbonyl (C=O) groups is 2. The normalized spacial score (nSPS) is 19.5. The molecular weight excluding hydrogens is 336 g/mol. The molecule has 0 amide bonds. The Balaban J connectivity index is 1.99. The van der Waals surface area contributed by atoms with Crippen LogP contribution in [-0.2, 0) is 22.4 Å². The molecular formula is C20H20O6. The number of Topliss-reactive ketones (excluding diaryl/α,β-unsaturated/α-hetero) is 2. The standard InChI is InChI=1S/C20H20O6/c1-3-9-5-11(15(23)7-13(9)21)17-19(25)18(20(17)26)12-6-10(4-2)14(22)8-16(12)24/h5-8,17-18,21-24H,3-4H2,1-2H3. The molecule has 1 aliphatic carbocycles. The SMILES string of the molecule is CCc1cc(C2C(=O)C(c3cc(CC)c(O)cc3O)C2=O)c(O)cc1O. The Morgan fingerprint density at radius 2 is 1.00 bits per heavy atom. The molecule has 6 heteroatoms. The number of ketones is 2. The fourth-order valence-electron chi connectivity index (χ4n) is 3.44. The van der Waals surface area contributed by atoms with Crippen molar-refractivity contribution in [3.05, 3.63) is 46.5 Å². The Morgan fingerprint density at radius 1 is 0.654 bits per heavy atom. The minimum Gasteiger partial charge on any atom is -0.508 e. The lowest BCUT2D eigenvalue weighted by atomic mass is 9.65. The quantitative estimate of drug-likeness (QED) is 0.626. The van der Waals surface area contributed by atoms with Crippen LogP contribution in [0, 0.1) is 0 Å². The van der Waals surface area contributed by atoms with Gasteiger partial charge in [0.15, 0.2) is 11.6 Å². The van der Waals surface area contributed by atoms with E-state index >= 15 is 0 Å². The van der Waals surface area contributed by atoms with Crippen molar-refractivity contribution in [2.45, 2.75) is 38.5 Å². The molecule has 0 saturated heterocycles. The van der Waals surface area contributed by atoms with Gasteiger partial charge in [0.2, 0.25) is 0 Å². The molecule has 3 rings (SSSR count). The molecule has 1 saturated carbocycles. The summed E-state index contributed by atoms with van der Waals surface area (Å²) in [5.74, 6) is -3.90. The number of hydrogen-bond acceptors (Lipinski definition) is 6. The number of carbonyl (C=O) groups excluding carboxylic acids is 2. The molecule has 1 fully saturated rings. The first-order valence-corrected chi connectivity index (χ1v) is 8.47. The van der Waals surface area contributed by atoms with E-state index in [1.54, 1.807) is 0 Å². The van der Waals surface area contributed by atoms with Gasteiger partial charge in [0.05, 0.1) is 0 Å². The maximum atomic E-state index is 12.7. The number of phenols is 4. The van der Waals surface area contributed by atoms with Gasteiger partial charge < -0.3 is 20.4 Å². The van der Waals surface area contributed by atoms with E-state index in [-0.39, 0.29) is 34.1 Å². The van der Waals surface area contributed by atoms with Crippen LogP contribution in [0.5, 0.6) is 23.0 Å². The number of rotatable bonds is 4. The van der Waals surface area contributed by atoms with E-state index in [1.807, 2.05) is 13.8 Å². The van der Waals surface area contributed by atoms with Crippen molar-refractivity contribution in [3.63, 3.8) is 0 Å². The van der Waals surface area contributed by atoms with Crippen LogP contribution >= 0.6 is 0 Å². The van der Waals surface area contributed by atoms with Crippen LogP contribution in [-0.4, -0.2) is 32.0 Å². The maximum Gasteiger partial charge on any atom is 0.162 e. The van der Waals surface area contributed by atoms with Crippen molar-refractivity contribution in [2.24, 2.45) is 0 Å². The average molecular weight is 356 g/mol. The number of hydrogen-bond donors (Lipinski definition) is 4. The third-order valence-electron chi connectivity index (χ3n) is 4.98. The van der Waals surface area contributed by atoms with E-state index < -0.39 is 23.4 Å². The second kappa shape index (κ2) is 6.37. The van der Waals surface area contributed by atoms with Crippen molar-refractivity contribution in [3.8, 4) is 23.0 Å². The Hall–Kier alpha value is -3.02. The van der Waals surface area contributed by atoms with Crippen LogP contribution in [0.25, 0.3) is 0 Å². The van der Waals surface area contributed by atoms with Gasteiger partial charge in [0, 0.05) is 23.3 Å². The third kappa shape index (κ3) is 2.58. The smallest absolute Gasteiger partial charge is 0.162 e. The van der Waals surface area contributed by atoms with Gasteiger partial charge in [-0.25, -0.2) is 0 Å². The molecule has 0 spiro atoms. The molecule has 0 aromatic heterocycles. The first-order valence-electron chi connectivity index (χ1n) is 8.47. The number of aromatic hydroxyl groups is 4. The zero-order valence-electron chi connectivity index (χ0n) is 14.5. The molecule has 26 heavy (non-hydrogen) atoms. The highest BCUT2D eigenvalue weighted by atomic mass is 16.3. The summed E-state index contributed by atoms with van der Waals surface area (Å²) in [7, 11) is 0. The Bertz CT molecular complexity index is 828. The van der Waals surface area contributed by atoms with E-state index in [1.165, 1.54) is 12.1 Å². The second-order valence-corrected chi connectivity index (χ2v) is 6.46. The van der Waals surface area contributed by atoms with Crippen LogP contribution in [0.3, 0.4) is 0 Å². The van der Waals surface area contributed by atoms with Crippen molar-refractivity contribution < 1.29 is 30.0 Å². The maximum absolute atomic E-state index is 12.7. The van der Waals surface area contributed by atoms with Crippen molar-refractivity contribution in [1.29, 1.82) is 0 Å². The predicted octanol–water partition coefficient (Wildman–Crippen LogP) is 2.65. The largest absolute Gasteiger partial charge is 0.508 e. The zero-order chi connectivity index (χ0) is 19.2. The number of aryl methyl sites for hydroxylation is 2. The Kier molecular flexibility index (Phi) is 4.36. The number of benzene rings is 2. The fourth-order valence-corrected chi connectivity index (χ4v) is 3.44. The lowest BCUT2D eigenvalue weighted by Crippen LogP contribution is -2.44. The molecule has 0 radical (unpaired) electrons. The zero-order valence-corrected chi connectivity index (χ0v) is 14.5. The molecule has 0 unspecified atom stereocenters. The molecule has 0 heterocycles. The molecule has 4 N–H and O–H groups in total. The van der Waals surface area contributed by atoms with Gasteiger partial charge in [-0.05, 0) is 36.1 Å². The van der Waals surface area contributed by atoms with Crippen molar-refractivity contribution in [1.82, 2.24) is 0 Å². The average Bonchev–Trinajstić information content (AvgIpc) is 2.59. The summed E-state index contributed by atoms with van der Waals surface area (Å²) in [4.78, 5) is 25.4. The highest BCUT2D eigenvalue weighted by molar-refractivity contribution is 6.31. The summed E-state index contributed by atoms with van der Waals surface area (Å²) in [5, 5.41) is 39.7. The van der Waals surface area contributed by atoms with Crippen molar-refractivity contribution in [2.75, 3.05) is 0 Å². The minimum atomic E-state index is -1.12. The summed E-state index contributed by atoms with van der Waals surface area (Å²) in [6, 6.07) is 5.20. The van der Waals surface area contributed by atoms with Gasteiger partial charge in [-0.2, -0.15) is 0 Å². The Labute approximate surface area is 150 Å². The summed E-state index contributed by atoms with van der Waals surface area (Å²) < 4.78 is 0. The summed E-state index contributed by atoms with van der Waals surface area (Å²) >= 11 is 0. The first-order chi connectivity index (χ1) is 12.3. The molecule has 136 valence electrons. The van der Waals surface area contributed by atoms with E-state index in [4.69, 9.17) is 0 Å². The van der Waals surface area contributed by atoms with Crippen LogP contribution in [0.4, 0.5) is 0 Å². The summed E-state index contributed by atoms with van der Waals surface area (Å²) in [5.41, 5.74) is 1.39. The molecule has 0 atom stereocenters. The first kappa shape index (κ1) is 17.8. The molecule has 0 bridgehead atoms. The van der Waals surface area contributed by atoms with Crippen LogP contribution in [0.1, 0.15) is 47.9 Å². The van der Waals surface area contributed by atoms with Gasteiger partial charge in [0.25, 0.3) is 0 Å². The van der Waals surface area contributed by atoms with Crippen LogP contribution in [0.15, 0.2) is 24.3 Å². The van der Waals surface area contributed by atoms with E-state index in [9.17, 15) is 30.0 Å². The predicted molar refractivity (Wildman–Crippen MR) is 93.8 cm³/mol. The van der Waals surface area contributed by atoms with E-state index in [0.717, 1.165) is 12.1 Å². The van der Waals surface area contributed by atoms with Gasteiger partial charge in [-0.3, -0.25) is 9.59 Å². The topological polar surface area (TPSA) is 115 Å². The highest BCUT2D eigenvalue weighted by Crippen LogP contribution is 2.47. The minimum absolute atomic E-state index is 0.0895. The molecule has 0 aliphatic heterocycles. The molecule has 1 aliphatic rings. The fraction of sp³-hybridized carbons (Fsp3) is 0.300. The molecule has 2 aromatic rings. The molecule has 6 nitrogen and oxygen atoms in total. The van der Waals surface area contributed by atoms with E-state index in [0.29, 0.717) is 24.0 Å². The number of phenolic OH excluding ortho intramolecular Hbond substituents is 4. The third-order valence-corrected chi connectivity index (χ3v) is 4.98. The van der Waals surface area contributed by atoms with Gasteiger partial charge in [-0.1, -0.05) is 13.8 Å². The summed E-state index contributed by atoms with van der Waals surface area (Å²) in [6.45, 7) is 3.62.